The molecule has 28 heavy (non-hydrogen) atoms. The first-order chi connectivity index (χ1) is 13.5. The van der Waals surface area contributed by atoms with Gasteiger partial charge in [-0.3, -0.25) is 9.48 Å². The van der Waals surface area contributed by atoms with E-state index in [9.17, 15) is 9.59 Å². The third-order valence-electron chi connectivity index (χ3n) is 4.55. The quantitative estimate of drug-likeness (QED) is 0.794. The molecule has 2 N–H and O–H groups in total. The van der Waals surface area contributed by atoms with Crippen molar-refractivity contribution in [1.29, 1.82) is 0 Å². The number of amides is 3. The summed E-state index contributed by atoms with van der Waals surface area (Å²) in [4.78, 5) is 24.3. The van der Waals surface area contributed by atoms with Crippen molar-refractivity contribution in [2.45, 2.75) is 19.8 Å². The van der Waals surface area contributed by atoms with E-state index in [2.05, 4.69) is 20.8 Å². The highest BCUT2D eigenvalue weighted by Gasteiger charge is 2.21. The molecule has 9 heteroatoms. The molecule has 0 radical (unpaired) electrons. The number of hydrogen-bond donors (Lipinski definition) is 2. The van der Waals surface area contributed by atoms with Gasteiger partial charge in [0, 0.05) is 26.4 Å². The first-order valence-electron chi connectivity index (χ1n) is 9.05. The van der Waals surface area contributed by atoms with E-state index in [-0.39, 0.29) is 12.5 Å². The molecule has 3 amide bonds. The summed E-state index contributed by atoms with van der Waals surface area (Å²) in [6.07, 6.45) is 1.03. The molecule has 2 heterocycles. The Kier molecular flexibility index (Phi) is 5.93. The predicted octanol–water partition coefficient (Wildman–Crippen LogP) is 1.89. The summed E-state index contributed by atoms with van der Waals surface area (Å²) in [5.74, 6) is 0.296. The number of urea groups is 1. The number of nitrogens with zero attached hydrogens (tertiary/aromatic N) is 4. The fourth-order valence-corrected chi connectivity index (χ4v) is 2.91. The third-order valence-corrected chi connectivity index (χ3v) is 4.55. The topological polar surface area (TPSA) is 101 Å². The normalized spacial score (nSPS) is 13.9. The molecular weight excluding hydrogens is 360 g/mol. The van der Waals surface area contributed by atoms with Crippen molar-refractivity contribution >= 4 is 23.3 Å². The molecule has 3 rings (SSSR count). The number of hydrazone groups is 1. The van der Waals surface area contributed by atoms with Crippen LogP contribution in [0.15, 0.2) is 35.4 Å². The zero-order valence-electron chi connectivity index (χ0n) is 16.2. The average molecular weight is 384 g/mol. The van der Waals surface area contributed by atoms with Gasteiger partial charge in [-0.15, -0.1) is 5.10 Å². The summed E-state index contributed by atoms with van der Waals surface area (Å²) < 4.78 is 6.80. The molecule has 1 aromatic heterocycles. The summed E-state index contributed by atoms with van der Waals surface area (Å²) in [5.41, 5.74) is 3.17. The Labute approximate surface area is 163 Å². The summed E-state index contributed by atoms with van der Waals surface area (Å²) in [7, 11) is 3.26. The van der Waals surface area contributed by atoms with Crippen molar-refractivity contribution in [3.63, 3.8) is 0 Å². The Balaban J connectivity index is 1.56. The Bertz CT molecular complexity index is 891. The SMILES string of the molecule is COc1nn(C)c(C)c1NC(=O)NCCN1N=C(c2ccccc2)CCC1=O. The van der Waals surface area contributed by atoms with E-state index in [0.29, 0.717) is 31.0 Å². The van der Waals surface area contributed by atoms with Gasteiger partial charge >= 0.3 is 6.03 Å². The smallest absolute Gasteiger partial charge is 0.319 e. The number of benzene rings is 1. The van der Waals surface area contributed by atoms with Crippen LogP contribution in [0.4, 0.5) is 10.5 Å². The molecule has 0 unspecified atom stereocenters. The molecule has 0 fully saturated rings. The molecule has 1 aliphatic heterocycles. The molecular formula is C19H24N6O3. The number of aromatic nitrogens is 2. The summed E-state index contributed by atoms with van der Waals surface area (Å²) in [6, 6.07) is 9.38. The number of nitrogens with one attached hydrogen (secondary N) is 2. The van der Waals surface area contributed by atoms with Crippen LogP contribution >= 0.6 is 0 Å². The molecule has 0 aliphatic carbocycles. The Morgan fingerprint density at radius 1 is 1.25 bits per heavy atom. The molecule has 0 atom stereocenters. The van der Waals surface area contributed by atoms with Crippen molar-refractivity contribution in [3.8, 4) is 5.88 Å². The number of aryl methyl sites for hydroxylation is 1. The van der Waals surface area contributed by atoms with Crippen LogP contribution in [0, 0.1) is 6.92 Å². The predicted molar refractivity (Wildman–Crippen MR) is 105 cm³/mol. The van der Waals surface area contributed by atoms with E-state index >= 15 is 0 Å². The summed E-state index contributed by atoms with van der Waals surface area (Å²) in [6.45, 7) is 2.40. The number of rotatable bonds is 6. The molecule has 1 aromatic carbocycles. The standard InChI is InChI=1S/C19H24N6O3/c1-13-17(18(28-3)23-24(13)2)21-19(27)20-11-12-25-16(26)10-9-15(22-25)14-7-5-4-6-8-14/h4-8H,9-12H2,1-3H3,(H2,20,21,27). The molecule has 0 saturated carbocycles. The Morgan fingerprint density at radius 3 is 2.71 bits per heavy atom. The number of ether oxygens (including phenoxy) is 1. The molecule has 0 bridgehead atoms. The van der Waals surface area contributed by atoms with Gasteiger partial charge in [-0.25, -0.2) is 9.80 Å². The molecule has 0 spiro atoms. The maximum absolute atomic E-state index is 12.2. The fourth-order valence-electron chi connectivity index (χ4n) is 2.91. The van der Waals surface area contributed by atoms with Gasteiger partial charge in [0.05, 0.1) is 25.1 Å². The minimum Gasteiger partial charge on any atom is -0.478 e. The zero-order chi connectivity index (χ0) is 20.1. The first kappa shape index (κ1) is 19.4. The molecule has 1 aliphatic rings. The van der Waals surface area contributed by atoms with Crippen LogP contribution in [0.5, 0.6) is 5.88 Å². The molecule has 9 nitrogen and oxygen atoms in total. The Hall–Kier alpha value is -3.36. The lowest BCUT2D eigenvalue weighted by atomic mass is 10.0. The summed E-state index contributed by atoms with van der Waals surface area (Å²) >= 11 is 0. The minimum atomic E-state index is -0.397. The zero-order valence-corrected chi connectivity index (χ0v) is 16.2. The second-order valence-electron chi connectivity index (χ2n) is 6.40. The number of methoxy groups -OCH3 is 1. The fraction of sp³-hybridized carbons (Fsp3) is 0.368. The second-order valence-corrected chi connectivity index (χ2v) is 6.40. The van der Waals surface area contributed by atoms with Crippen LogP contribution in [0.25, 0.3) is 0 Å². The van der Waals surface area contributed by atoms with Crippen LogP contribution in [-0.4, -0.2) is 52.6 Å². The van der Waals surface area contributed by atoms with Crippen LogP contribution in [-0.2, 0) is 11.8 Å². The third kappa shape index (κ3) is 4.30. The lowest BCUT2D eigenvalue weighted by molar-refractivity contribution is -0.131. The lowest BCUT2D eigenvalue weighted by Crippen LogP contribution is -2.39. The average Bonchev–Trinajstić information content (AvgIpc) is 2.97. The van der Waals surface area contributed by atoms with Crippen molar-refractivity contribution in [1.82, 2.24) is 20.1 Å². The van der Waals surface area contributed by atoms with Gasteiger partial charge in [-0.05, 0) is 12.5 Å². The van der Waals surface area contributed by atoms with Gasteiger partial charge in [-0.1, -0.05) is 30.3 Å². The van der Waals surface area contributed by atoms with Crippen molar-refractivity contribution in [3.05, 3.63) is 41.6 Å². The van der Waals surface area contributed by atoms with Gasteiger partial charge in [0.2, 0.25) is 5.91 Å². The highest BCUT2D eigenvalue weighted by Crippen LogP contribution is 2.26. The Morgan fingerprint density at radius 2 is 2.00 bits per heavy atom. The number of anilines is 1. The first-order valence-corrected chi connectivity index (χ1v) is 9.05. The van der Waals surface area contributed by atoms with Crippen LogP contribution < -0.4 is 15.4 Å². The monoisotopic (exact) mass is 384 g/mol. The van der Waals surface area contributed by atoms with Crippen molar-refractivity contribution < 1.29 is 14.3 Å². The van der Waals surface area contributed by atoms with Crippen LogP contribution in [0.2, 0.25) is 0 Å². The highest BCUT2D eigenvalue weighted by atomic mass is 16.5. The number of carbonyl (C=O) groups excluding carboxylic acids is 2. The van der Waals surface area contributed by atoms with Gasteiger partial charge in [0.15, 0.2) is 0 Å². The summed E-state index contributed by atoms with van der Waals surface area (Å²) in [5, 5.41) is 15.5. The largest absolute Gasteiger partial charge is 0.478 e. The molecule has 148 valence electrons. The maximum atomic E-state index is 12.2. The van der Waals surface area contributed by atoms with Gasteiger partial charge in [0.1, 0.15) is 5.69 Å². The van der Waals surface area contributed by atoms with Crippen LogP contribution in [0.1, 0.15) is 24.1 Å². The van der Waals surface area contributed by atoms with E-state index in [0.717, 1.165) is 17.0 Å². The van der Waals surface area contributed by atoms with Gasteiger partial charge in [-0.2, -0.15) is 5.10 Å². The second kappa shape index (κ2) is 8.55. The van der Waals surface area contributed by atoms with E-state index in [1.165, 1.54) is 12.1 Å². The minimum absolute atomic E-state index is 0.0494. The van der Waals surface area contributed by atoms with E-state index in [4.69, 9.17) is 4.74 Å². The van der Waals surface area contributed by atoms with Crippen molar-refractivity contribution in [2.75, 3.05) is 25.5 Å². The van der Waals surface area contributed by atoms with E-state index in [1.54, 1.807) is 11.7 Å². The molecule has 0 saturated heterocycles. The highest BCUT2D eigenvalue weighted by molar-refractivity contribution is 6.04. The van der Waals surface area contributed by atoms with Gasteiger partial charge in [0.25, 0.3) is 5.88 Å². The molecule has 2 aromatic rings. The van der Waals surface area contributed by atoms with Gasteiger partial charge < -0.3 is 15.4 Å². The van der Waals surface area contributed by atoms with E-state index in [1.807, 2.05) is 37.3 Å². The number of carbonyl (C=O) groups is 2. The van der Waals surface area contributed by atoms with Crippen molar-refractivity contribution in [2.24, 2.45) is 12.1 Å². The number of hydrogen-bond acceptors (Lipinski definition) is 5. The maximum Gasteiger partial charge on any atom is 0.319 e. The lowest BCUT2D eigenvalue weighted by Gasteiger charge is -2.23. The van der Waals surface area contributed by atoms with E-state index < -0.39 is 6.03 Å². The van der Waals surface area contributed by atoms with Crippen LogP contribution in [0.3, 0.4) is 0 Å².